The molecule has 0 spiro atoms. The number of aliphatic hydroxyl groups excluding tert-OH is 1. The van der Waals surface area contributed by atoms with Gasteiger partial charge in [0.2, 0.25) is 0 Å². The van der Waals surface area contributed by atoms with Crippen molar-refractivity contribution in [3.05, 3.63) is 18.4 Å². The minimum atomic E-state index is 0.238. The fourth-order valence-corrected chi connectivity index (χ4v) is 1.28. The highest BCUT2D eigenvalue weighted by atomic mass is 16.3. The molecule has 2 atom stereocenters. The first kappa shape index (κ1) is 7.55. The minimum Gasteiger partial charge on any atom is -0.395 e. The van der Waals surface area contributed by atoms with Crippen LogP contribution in [0.2, 0.25) is 0 Å². The van der Waals surface area contributed by atoms with E-state index in [4.69, 9.17) is 5.11 Å². The second-order valence-corrected chi connectivity index (χ2v) is 2.65. The van der Waals surface area contributed by atoms with Gasteiger partial charge in [0, 0.05) is 12.6 Å². The Kier molecular flexibility index (Phi) is 2.69. The zero-order valence-corrected chi connectivity index (χ0v) is 6.01. The Balaban J connectivity index is 2.35. The Labute approximate surface area is 61.3 Å². The molecule has 0 aromatic rings. The molecule has 0 saturated carbocycles. The molecule has 0 aliphatic carbocycles. The molecule has 1 saturated heterocycles. The number of hydrogen-bond donors (Lipinski definition) is 2. The number of aliphatic hydroxyl groups is 1. The van der Waals surface area contributed by atoms with E-state index in [2.05, 4.69) is 17.6 Å². The van der Waals surface area contributed by atoms with Crippen LogP contribution < -0.4 is 5.32 Å². The fourth-order valence-electron chi connectivity index (χ4n) is 1.28. The van der Waals surface area contributed by atoms with Gasteiger partial charge in [0.15, 0.2) is 0 Å². The van der Waals surface area contributed by atoms with Crippen molar-refractivity contribution in [1.82, 2.24) is 5.32 Å². The van der Waals surface area contributed by atoms with Crippen molar-refractivity contribution in [2.75, 3.05) is 13.2 Å². The van der Waals surface area contributed by atoms with Crippen LogP contribution in [-0.2, 0) is 0 Å². The van der Waals surface area contributed by atoms with E-state index in [0.29, 0.717) is 5.92 Å². The van der Waals surface area contributed by atoms with Crippen LogP contribution in [0.25, 0.3) is 0 Å². The van der Waals surface area contributed by atoms with Crippen molar-refractivity contribution in [1.29, 1.82) is 0 Å². The highest BCUT2D eigenvalue weighted by Gasteiger charge is 2.20. The van der Waals surface area contributed by atoms with E-state index in [-0.39, 0.29) is 12.6 Å². The molecule has 10 heavy (non-hydrogen) atoms. The summed E-state index contributed by atoms with van der Waals surface area (Å²) in [4.78, 5) is 0. The SMILES string of the molecule is C=C=CC1CNC(CO)C1. The van der Waals surface area contributed by atoms with Gasteiger partial charge in [-0.05, 0) is 18.4 Å². The van der Waals surface area contributed by atoms with Gasteiger partial charge in [-0.1, -0.05) is 6.58 Å². The zero-order chi connectivity index (χ0) is 7.40. The first-order valence-corrected chi connectivity index (χ1v) is 3.57. The number of rotatable bonds is 2. The van der Waals surface area contributed by atoms with Gasteiger partial charge in [0.1, 0.15) is 0 Å². The molecule has 56 valence electrons. The van der Waals surface area contributed by atoms with Crippen LogP contribution in [-0.4, -0.2) is 24.3 Å². The largest absolute Gasteiger partial charge is 0.395 e. The Morgan fingerprint density at radius 2 is 2.60 bits per heavy atom. The predicted octanol–water partition coefficient (Wildman–Crippen LogP) is 0.298. The van der Waals surface area contributed by atoms with Crippen LogP contribution in [0, 0.1) is 5.92 Å². The topological polar surface area (TPSA) is 32.3 Å². The van der Waals surface area contributed by atoms with Gasteiger partial charge in [-0.2, -0.15) is 0 Å². The van der Waals surface area contributed by atoms with Crippen molar-refractivity contribution in [3.8, 4) is 0 Å². The second-order valence-electron chi connectivity index (χ2n) is 2.65. The van der Waals surface area contributed by atoms with Gasteiger partial charge in [-0.3, -0.25) is 0 Å². The van der Waals surface area contributed by atoms with Crippen LogP contribution >= 0.6 is 0 Å². The minimum absolute atomic E-state index is 0.238. The summed E-state index contributed by atoms with van der Waals surface area (Å²) in [6.45, 7) is 4.69. The molecule has 2 N–H and O–H groups in total. The summed E-state index contributed by atoms with van der Waals surface area (Å²) in [6, 6.07) is 0.287. The van der Waals surface area contributed by atoms with Crippen LogP contribution in [0.4, 0.5) is 0 Å². The van der Waals surface area contributed by atoms with Crippen molar-refractivity contribution in [2.24, 2.45) is 5.92 Å². The zero-order valence-electron chi connectivity index (χ0n) is 6.01. The lowest BCUT2D eigenvalue weighted by Crippen LogP contribution is -2.24. The van der Waals surface area contributed by atoms with Crippen LogP contribution in [0.1, 0.15) is 6.42 Å². The molecular weight excluding hydrogens is 126 g/mol. The molecule has 0 bridgehead atoms. The molecule has 2 unspecified atom stereocenters. The van der Waals surface area contributed by atoms with Gasteiger partial charge in [-0.15, -0.1) is 5.73 Å². The quantitative estimate of drug-likeness (QED) is 0.539. The molecule has 0 amide bonds. The summed E-state index contributed by atoms with van der Waals surface area (Å²) in [5.41, 5.74) is 2.76. The Morgan fingerprint density at radius 1 is 1.80 bits per heavy atom. The third-order valence-electron chi connectivity index (χ3n) is 1.83. The van der Waals surface area contributed by atoms with Crippen LogP contribution in [0.15, 0.2) is 18.4 Å². The molecule has 1 rings (SSSR count). The van der Waals surface area contributed by atoms with Gasteiger partial charge in [0.05, 0.1) is 6.61 Å². The fraction of sp³-hybridized carbons (Fsp3) is 0.625. The third kappa shape index (κ3) is 1.71. The first-order chi connectivity index (χ1) is 4.86. The second kappa shape index (κ2) is 3.57. The molecule has 1 aliphatic heterocycles. The normalized spacial score (nSPS) is 31.7. The lowest BCUT2D eigenvalue weighted by atomic mass is 10.1. The monoisotopic (exact) mass is 139 g/mol. The van der Waals surface area contributed by atoms with Gasteiger partial charge < -0.3 is 10.4 Å². The summed E-state index contributed by atoms with van der Waals surface area (Å²) in [7, 11) is 0. The van der Waals surface area contributed by atoms with E-state index in [0.717, 1.165) is 13.0 Å². The van der Waals surface area contributed by atoms with E-state index >= 15 is 0 Å². The van der Waals surface area contributed by atoms with Gasteiger partial charge in [-0.25, -0.2) is 0 Å². The average molecular weight is 139 g/mol. The first-order valence-electron chi connectivity index (χ1n) is 3.57. The van der Waals surface area contributed by atoms with Crippen molar-refractivity contribution in [3.63, 3.8) is 0 Å². The molecule has 0 radical (unpaired) electrons. The highest BCUT2D eigenvalue weighted by Crippen LogP contribution is 2.13. The van der Waals surface area contributed by atoms with Gasteiger partial charge in [0.25, 0.3) is 0 Å². The predicted molar refractivity (Wildman–Crippen MR) is 40.7 cm³/mol. The summed E-state index contributed by atoms with van der Waals surface area (Å²) in [5, 5.41) is 11.9. The van der Waals surface area contributed by atoms with E-state index in [1.807, 2.05) is 6.08 Å². The maximum Gasteiger partial charge on any atom is 0.0584 e. The highest BCUT2D eigenvalue weighted by molar-refractivity contribution is 4.93. The molecule has 1 aliphatic rings. The summed E-state index contributed by atoms with van der Waals surface area (Å²) in [5.74, 6) is 0.523. The van der Waals surface area contributed by atoms with Crippen LogP contribution in [0.5, 0.6) is 0 Å². The van der Waals surface area contributed by atoms with Gasteiger partial charge >= 0.3 is 0 Å². The Morgan fingerprint density at radius 3 is 3.10 bits per heavy atom. The summed E-state index contributed by atoms with van der Waals surface area (Å²) in [6.07, 6.45) is 2.97. The smallest absolute Gasteiger partial charge is 0.0584 e. The molecule has 2 nitrogen and oxygen atoms in total. The molecule has 1 fully saturated rings. The molecular formula is C8H13NO. The Bertz CT molecular complexity index is 149. The molecule has 1 heterocycles. The number of hydrogen-bond acceptors (Lipinski definition) is 2. The average Bonchev–Trinajstić information content (AvgIpc) is 2.37. The van der Waals surface area contributed by atoms with Crippen molar-refractivity contribution < 1.29 is 5.11 Å². The molecule has 0 aromatic carbocycles. The van der Waals surface area contributed by atoms with Crippen molar-refractivity contribution >= 4 is 0 Å². The number of nitrogens with one attached hydrogen (secondary N) is 1. The molecule has 0 aromatic heterocycles. The lowest BCUT2D eigenvalue weighted by Gasteiger charge is -2.02. The Hall–Kier alpha value is -0.560. The standard InChI is InChI=1S/C8H13NO/c1-2-3-7-4-8(6-10)9-5-7/h3,7-10H,1,4-6H2. The van der Waals surface area contributed by atoms with Crippen molar-refractivity contribution in [2.45, 2.75) is 12.5 Å². The maximum atomic E-state index is 8.74. The summed E-state index contributed by atoms with van der Waals surface area (Å²) < 4.78 is 0. The van der Waals surface area contributed by atoms with Crippen LogP contribution in [0.3, 0.4) is 0 Å². The summed E-state index contributed by atoms with van der Waals surface area (Å²) >= 11 is 0. The van der Waals surface area contributed by atoms with E-state index in [9.17, 15) is 0 Å². The lowest BCUT2D eigenvalue weighted by molar-refractivity contribution is 0.254. The van der Waals surface area contributed by atoms with E-state index < -0.39 is 0 Å². The van der Waals surface area contributed by atoms with E-state index in [1.54, 1.807) is 0 Å². The third-order valence-corrected chi connectivity index (χ3v) is 1.83. The maximum absolute atomic E-state index is 8.74. The van der Waals surface area contributed by atoms with E-state index in [1.165, 1.54) is 0 Å². The molecule has 2 heteroatoms.